The number of anilines is 2. The lowest BCUT2D eigenvalue weighted by atomic mass is 9.99. The highest BCUT2D eigenvalue weighted by atomic mass is 16.5. The third-order valence-corrected chi connectivity index (χ3v) is 5.07. The van der Waals surface area contributed by atoms with Crippen molar-refractivity contribution in [2.45, 2.75) is 25.4 Å². The van der Waals surface area contributed by atoms with Gasteiger partial charge in [-0.2, -0.15) is 0 Å². The van der Waals surface area contributed by atoms with Gasteiger partial charge < -0.3 is 24.7 Å². The predicted octanol–water partition coefficient (Wildman–Crippen LogP) is 1.56. The van der Waals surface area contributed by atoms with Crippen LogP contribution in [0.5, 0.6) is 0 Å². The molecule has 1 aromatic heterocycles. The van der Waals surface area contributed by atoms with Gasteiger partial charge in [-0.15, -0.1) is 0 Å². The van der Waals surface area contributed by atoms with E-state index in [0.717, 1.165) is 36.2 Å². The molecule has 3 heterocycles. The van der Waals surface area contributed by atoms with Crippen LogP contribution in [0.2, 0.25) is 0 Å². The molecule has 0 aliphatic carbocycles. The second-order valence-corrected chi connectivity index (χ2v) is 6.87. The van der Waals surface area contributed by atoms with E-state index in [1.807, 2.05) is 11.0 Å². The number of furan rings is 1. The van der Waals surface area contributed by atoms with E-state index in [1.54, 1.807) is 18.2 Å². The molecule has 1 atom stereocenters. The van der Waals surface area contributed by atoms with E-state index >= 15 is 0 Å². The van der Waals surface area contributed by atoms with Crippen LogP contribution in [0.1, 0.15) is 29.4 Å². The topological polar surface area (TPSA) is 101 Å². The number of aryl methyl sites for hydroxylation is 1. The summed E-state index contributed by atoms with van der Waals surface area (Å²) in [4.78, 5) is 38.4. The Bertz CT molecular complexity index is 922. The standard InChI is InChI=1S/C20H21N3O5/c1-27-16(15-5-3-7-28-15)11-21-19(25)20(26)22-14-8-12-4-2-6-23-17(24)10-13(9-14)18(12)23/h3,5,7-9,16H,2,4,6,10-11H2,1H3,(H,21,25)(H,22,26). The van der Waals surface area contributed by atoms with Gasteiger partial charge in [0.15, 0.2) is 0 Å². The van der Waals surface area contributed by atoms with Crippen molar-refractivity contribution in [3.05, 3.63) is 47.4 Å². The molecule has 0 spiro atoms. The van der Waals surface area contributed by atoms with Crippen molar-refractivity contribution in [2.24, 2.45) is 0 Å². The molecule has 2 N–H and O–H groups in total. The summed E-state index contributed by atoms with van der Waals surface area (Å²) in [5.41, 5.74) is 3.43. The number of amides is 3. The van der Waals surface area contributed by atoms with Gasteiger partial charge in [0.05, 0.1) is 24.9 Å². The minimum absolute atomic E-state index is 0.0840. The molecular formula is C20H21N3O5. The highest BCUT2D eigenvalue weighted by Crippen LogP contribution is 2.38. The van der Waals surface area contributed by atoms with Crippen LogP contribution in [0.15, 0.2) is 34.9 Å². The van der Waals surface area contributed by atoms with E-state index in [1.165, 1.54) is 13.4 Å². The lowest BCUT2D eigenvalue weighted by molar-refractivity contribution is -0.136. The Balaban J connectivity index is 1.41. The Morgan fingerprint density at radius 1 is 1.29 bits per heavy atom. The predicted molar refractivity (Wildman–Crippen MR) is 101 cm³/mol. The number of hydrogen-bond acceptors (Lipinski definition) is 5. The molecule has 28 heavy (non-hydrogen) atoms. The molecule has 4 rings (SSSR count). The first-order valence-electron chi connectivity index (χ1n) is 9.18. The molecule has 3 amide bonds. The van der Waals surface area contributed by atoms with Crippen molar-refractivity contribution < 1.29 is 23.5 Å². The summed E-state index contributed by atoms with van der Waals surface area (Å²) >= 11 is 0. The number of carbonyl (C=O) groups excluding carboxylic acids is 3. The number of methoxy groups -OCH3 is 1. The number of ether oxygens (including phenoxy) is 1. The third kappa shape index (κ3) is 3.38. The number of nitrogens with zero attached hydrogens (tertiary/aromatic N) is 1. The van der Waals surface area contributed by atoms with E-state index in [0.29, 0.717) is 17.9 Å². The van der Waals surface area contributed by atoms with Crippen molar-refractivity contribution in [1.82, 2.24) is 5.32 Å². The average Bonchev–Trinajstić information content (AvgIpc) is 3.32. The third-order valence-electron chi connectivity index (χ3n) is 5.07. The van der Waals surface area contributed by atoms with Gasteiger partial charge >= 0.3 is 11.8 Å². The van der Waals surface area contributed by atoms with Crippen molar-refractivity contribution in [1.29, 1.82) is 0 Å². The van der Waals surface area contributed by atoms with Gasteiger partial charge in [0, 0.05) is 19.3 Å². The molecule has 0 fully saturated rings. The van der Waals surface area contributed by atoms with Crippen LogP contribution in [0.3, 0.4) is 0 Å². The first-order chi connectivity index (χ1) is 13.6. The Kier molecular flexibility index (Phi) is 4.87. The highest BCUT2D eigenvalue weighted by Gasteiger charge is 2.32. The minimum Gasteiger partial charge on any atom is -0.467 e. The summed E-state index contributed by atoms with van der Waals surface area (Å²) < 4.78 is 10.5. The zero-order valence-corrected chi connectivity index (χ0v) is 15.5. The first kappa shape index (κ1) is 18.2. The van der Waals surface area contributed by atoms with Gasteiger partial charge in [-0.3, -0.25) is 14.4 Å². The van der Waals surface area contributed by atoms with Crippen LogP contribution in [-0.2, 0) is 32.0 Å². The normalized spacial score (nSPS) is 15.9. The molecule has 0 saturated carbocycles. The van der Waals surface area contributed by atoms with Gasteiger partial charge in [0.25, 0.3) is 0 Å². The molecule has 2 aromatic rings. The number of carbonyl (C=O) groups is 3. The van der Waals surface area contributed by atoms with E-state index in [-0.39, 0.29) is 12.5 Å². The monoisotopic (exact) mass is 383 g/mol. The van der Waals surface area contributed by atoms with Crippen molar-refractivity contribution in [3.8, 4) is 0 Å². The van der Waals surface area contributed by atoms with Gasteiger partial charge in [0.2, 0.25) is 5.91 Å². The Hall–Kier alpha value is -3.13. The summed E-state index contributed by atoms with van der Waals surface area (Å²) in [6.07, 6.45) is 3.11. The SMILES string of the molecule is COC(CNC(=O)C(=O)Nc1cc2c3c(c1)CC(=O)N3CCC2)c1ccco1. The van der Waals surface area contributed by atoms with Crippen LogP contribution in [0, 0.1) is 0 Å². The summed E-state index contributed by atoms with van der Waals surface area (Å²) in [6, 6.07) is 7.08. The van der Waals surface area contributed by atoms with Crippen molar-refractivity contribution in [3.63, 3.8) is 0 Å². The van der Waals surface area contributed by atoms with Gasteiger partial charge in [-0.25, -0.2) is 0 Å². The molecule has 0 bridgehead atoms. The zero-order chi connectivity index (χ0) is 19.7. The van der Waals surface area contributed by atoms with Gasteiger partial charge in [-0.05, 0) is 48.2 Å². The molecule has 0 radical (unpaired) electrons. The Morgan fingerprint density at radius 3 is 2.86 bits per heavy atom. The molecule has 8 heteroatoms. The molecular weight excluding hydrogens is 362 g/mol. The maximum absolute atomic E-state index is 12.3. The lowest BCUT2D eigenvalue weighted by Gasteiger charge is -2.26. The molecule has 2 aliphatic heterocycles. The molecule has 8 nitrogen and oxygen atoms in total. The fourth-order valence-corrected chi connectivity index (χ4v) is 3.78. The molecule has 1 unspecified atom stereocenters. The maximum atomic E-state index is 12.3. The highest BCUT2D eigenvalue weighted by molar-refractivity contribution is 6.39. The fraction of sp³-hybridized carbons (Fsp3) is 0.350. The van der Waals surface area contributed by atoms with Crippen LogP contribution < -0.4 is 15.5 Å². The van der Waals surface area contributed by atoms with E-state index in [4.69, 9.17) is 9.15 Å². The van der Waals surface area contributed by atoms with E-state index < -0.39 is 17.9 Å². The fourth-order valence-electron chi connectivity index (χ4n) is 3.78. The first-order valence-corrected chi connectivity index (χ1v) is 9.18. The quantitative estimate of drug-likeness (QED) is 0.763. The maximum Gasteiger partial charge on any atom is 0.313 e. The Labute approximate surface area is 161 Å². The minimum atomic E-state index is -0.765. The molecule has 146 valence electrons. The van der Waals surface area contributed by atoms with Crippen molar-refractivity contribution in [2.75, 3.05) is 30.4 Å². The van der Waals surface area contributed by atoms with Crippen LogP contribution >= 0.6 is 0 Å². The van der Waals surface area contributed by atoms with Crippen LogP contribution in [-0.4, -0.2) is 37.9 Å². The lowest BCUT2D eigenvalue weighted by Crippen LogP contribution is -2.38. The molecule has 0 saturated heterocycles. The van der Waals surface area contributed by atoms with Gasteiger partial charge in [0.1, 0.15) is 11.9 Å². The second-order valence-electron chi connectivity index (χ2n) is 6.87. The van der Waals surface area contributed by atoms with Crippen LogP contribution in [0.4, 0.5) is 11.4 Å². The van der Waals surface area contributed by atoms with E-state index in [9.17, 15) is 14.4 Å². The molecule has 2 aliphatic rings. The van der Waals surface area contributed by atoms with Crippen LogP contribution in [0.25, 0.3) is 0 Å². The summed E-state index contributed by atoms with van der Waals surface area (Å²) in [6.45, 7) is 0.846. The summed E-state index contributed by atoms with van der Waals surface area (Å²) in [7, 11) is 1.50. The average molecular weight is 383 g/mol. The smallest absolute Gasteiger partial charge is 0.313 e. The van der Waals surface area contributed by atoms with Gasteiger partial charge in [-0.1, -0.05) is 0 Å². The molecule has 1 aromatic carbocycles. The number of benzene rings is 1. The van der Waals surface area contributed by atoms with E-state index in [2.05, 4.69) is 10.6 Å². The number of rotatable bonds is 5. The zero-order valence-electron chi connectivity index (χ0n) is 15.5. The number of hydrogen-bond donors (Lipinski definition) is 2. The number of nitrogens with one attached hydrogen (secondary N) is 2. The Morgan fingerprint density at radius 2 is 2.11 bits per heavy atom. The summed E-state index contributed by atoms with van der Waals surface area (Å²) in [5.74, 6) is -0.880. The largest absolute Gasteiger partial charge is 0.467 e. The summed E-state index contributed by atoms with van der Waals surface area (Å²) in [5, 5.41) is 5.18. The van der Waals surface area contributed by atoms with Crippen molar-refractivity contribution >= 4 is 29.1 Å². The second kappa shape index (κ2) is 7.47.